The highest BCUT2D eigenvalue weighted by atomic mass is 16.5. The van der Waals surface area contributed by atoms with E-state index in [2.05, 4.69) is 0 Å². The molecule has 18 heavy (non-hydrogen) atoms. The summed E-state index contributed by atoms with van der Waals surface area (Å²) in [6.45, 7) is 0.241. The Labute approximate surface area is 108 Å². The van der Waals surface area contributed by atoms with Crippen molar-refractivity contribution in [3.63, 3.8) is 0 Å². The number of fused-ring (bicyclic) bond motifs is 2. The van der Waals surface area contributed by atoms with Crippen LogP contribution >= 0.6 is 0 Å². The smallest absolute Gasteiger partial charge is 0.327 e. The Kier molecular flexibility index (Phi) is 4.78. The molecule has 2 fully saturated rings. The Balaban J connectivity index is 1.66. The monoisotopic (exact) mass is 254 g/mol. The Morgan fingerprint density at radius 1 is 1.22 bits per heavy atom. The van der Waals surface area contributed by atoms with Crippen molar-refractivity contribution in [2.24, 2.45) is 11.8 Å². The number of unbranched alkanes of at least 4 members (excludes halogenated alkanes) is 2. The highest BCUT2D eigenvalue weighted by molar-refractivity contribution is 5.79. The van der Waals surface area contributed by atoms with Crippen molar-refractivity contribution < 1.29 is 19.7 Å². The van der Waals surface area contributed by atoms with E-state index in [0.29, 0.717) is 17.9 Å². The summed E-state index contributed by atoms with van der Waals surface area (Å²) in [7, 11) is 0. The first-order valence-corrected chi connectivity index (χ1v) is 6.88. The summed E-state index contributed by atoms with van der Waals surface area (Å²) in [6, 6.07) is 0. The summed E-state index contributed by atoms with van der Waals surface area (Å²) in [5, 5.41) is 17.9. The molecular formula is C14H22O4. The van der Waals surface area contributed by atoms with Crippen LogP contribution in [0.4, 0.5) is 0 Å². The van der Waals surface area contributed by atoms with Crippen molar-refractivity contribution in [1.29, 1.82) is 0 Å². The van der Waals surface area contributed by atoms with E-state index in [1.54, 1.807) is 6.08 Å². The predicted octanol–water partition coefficient (Wildman–Crippen LogP) is 1.97. The second-order valence-electron chi connectivity index (χ2n) is 5.33. The fourth-order valence-corrected chi connectivity index (χ4v) is 3.35. The quantitative estimate of drug-likeness (QED) is 0.538. The lowest BCUT2D eigenvalue weighted by atomic mass is 9.77. The van der Waals surface area contributed by atoms with Crippen molar-refractivity contribution in [2.75, 3.05) is 6.61 Å². The molecule has 0 aromatic carbocycles. The molecule has 0 radical (unpaired) electrons. The number of carboxylic acids is 1. The number of rotatable bonds is 7. The Morgan fingerprint density at radius 2 is 1.94 bits per heavy atom. The first kappa shape index (κ1) is 13.6. The SMILES string of the molecule is O=C(O)/C=C\CCCC[C@@H]1[C@H](CO)[C@@H]2CC[C@H]1O2. The van der Waals surface area contributed by atoms with Gasteiger partial charge in [-0.1, -0.05) is 12.5 Å². The van der Waals surface area contributed by atoms with E-state index >= 15 is 0 Å². The third-order valence-electron chi connectivity index (χ3n) is 4.22. The fraction of sp³-hybridized carbons (Fsp3) is 0.786. The molecule has 0 amide bonds. The van der Waals surface area contributed by atoms with Gasteiger partial charge in [-0.3, -0.25) is 0 Å². The van der Waals surface area contributed by atoms with Gasteiger partial charge in [-0.15, -0.1) is 0 Å². The molecule has 2 rings (SSSR count). The van der Waals surface area contributed by atoms with Crippen LogP contribution in [-0.4, -0.2) is 35.0 Å². The molecule has 4 atom stereocenters. The molecule has 2 aliphatic heterocycles. The first-order valence-electron chi connectivity index (χ1n) is 6.88. The van der Waals surface area contributed by atoms with Crippen LogP contribution in [0.1, 0.15) is 38.5 Å². The average Bonchev–Trinajstić information content (AvgIpc) is 2.93. The third-order valence-corrected chi connectivity index (χ3v) is 4.22. The predicted molar refractivity (Wildman–Crippen MR) is 67.2 cm³/mol. The molecule has 0 aromatic rings. The lowest BCUT2D eigenvalue weighted by Gasteiger charge is -2.26. The van der Waals surface area contributed by atoms with Gasteiger partial charge in [0.25, 0.3) is 0 Å². The van der Waals surface area contributed by atoms with Crippen molar-refractivity contribution >= 4 is 5.97 Å². The molecule has 0 aliphatic carbocycles. The van der Waals surface area contributed by atoms with Crippen molar-refractivity contribution in [1.82, 2.24) is 0 Å². The maximum atomic E-state index is 10.3. The summed E-state index contributed by atoms with van der Waals surface area (Å²) in [5.41, 5.74) is 0. The summed E-state index contributed by atoms with van der Waals surface area (Å²) in [5.74, 6) is -0.0348. The molecule has 2 saturated heterocycles. The minimum absolute atomic E-state index is 0.241. The van der Waals surface area contributed by atoms with Gasteiger partial charge in [0.2, 0.25) is 0 Å². The Bertz CT molecular complexity index is 313. The lowest BCUT2D eigenvalue weighted by Crippen LogP contribution is -2.29. The zero-order chi connectivity index (χ0) is 13.0. The van der Waals surface area contributed by atoms with Crippen LogP contribution in [0.5, 0.6) is 0 Å². The molecule has 0 unspecified atom stereocenters. The molecule has 102 valence electrons. The normalized spacial score (nSPS) is 34.5. The Hall–Kier alpha value is -0.870. The number of allylic oxidation sites excluding steroid dienone is 1. The number of aliphatic carboxylic acids is 1. The molecule has 4 nitrogen and oxygen atoms in total. The van der Waals surface area contributed by atoms with Gasteiger partial charge in [0.1, 0.15) is 0 Å². The van der Waals surface area contributed by atoms with Gasteiger partial charge in [-0.2, -0.15) is 0 Å². The standard InChI is InChI=1S/C14H22O4/c15-9-11-10(12-7-8-13(11)18-12)5-3-1-2-4-6-14(16)17/h4,6,10-13,15H,1-3,5,7-9H2,(H,16,17)/b6-4-/t10-,11+,12-,13+/m1/s1. The molecule has 2 N–H and O–H groups in total. The zero-order valence-corrected chi connectivity index (χ0v) is 10.6. The van der Waals surface area contributed by atoms with Crippen LogP contribution in [0.2, 0.25) is 0 Å². The largest absolute Gasteiger partial charge is 0.478 e. The van der Waals surface area contributed by atoms with Crippen molar-refractivity contribution in [3.8, 4) is 0 Å². The first-order chi connectivity index (χ1) is 8.72. The molecule has 4 heteroatoms. The van der Waals surface area contributed by atoms with Crippen molar-refractivity contribution in [2.45, 2.75) is 50.7 Å². The number of aliphatic hydroxyl groups excluding tert-OH is 1. The van der Waals surface area contributed by atoms with Gasteiger partial charge in [0, 0.05) is 18.6 Å². The topological polar surface area (TPSA) is 66.8 Å². The van der Waals surface area contributed by atoms with Crippen LogP contribution in [-0.2, 0) is 9.53 Å². The van der Waals surface area contributed by atoms with E-state index < -0.39 is 5.97 Å². The zero-order valence-electron chi connectivity index (χ0n) is 10.6. The van der Waals surface area contributed by atoms with Gasteiger partial charge in [0.15, 0.2) is 0 Å². The number of aliphatic hydroxyl groups is 1. The van der Waals surface area contributed by atoms with E-state index in [0.717, 1.165) is 38.5 Å². The van der Waals surface area contributed by atoms with Gasteiger partial charge >= 0.3 is 5.97 Å². The molecule has 2 heterocycles. The number of carboxylic acid groups (broad SMARTS) is 1. The van der Waals surface area contributed by atoms with Gasteiger partial charge < -0.3 is 14.9 Å². The van der Waals surface area contributed by atoms with Gasteiger partial charge in [0.05, 0.1) is 12.2 Å². The number of hydrogen-bond acceptors (Lipinski definition) is 3. The molecule has 2 bridgehead atoms. The average molecular weight is 254 g/mol. The molecule has 0 aromatic heterocycles. The molecule has 2 aliphatic rings. The van der Waals surface area contributed by atoms with E-state index in [1.807, 2.05) is 0 Å². The number of ether oxygens (including phenoxy) is 1. The third kappa shape index (κ3) is 3.12. The lowest BCUT2D eigenvalue weighted by molar-refractivity contribution is -0.131. The second kappa shape index (κ2) is 6.34. The minimum Gasteiger partial charge on any atom is -0.478 e. The van der Waals surface area contributed by atoms with Crippen LogP contribution in [0.25, 0.3) is 0 Å². The minimum atomic E-state index is -0.878. The van der Waals surface area contributed by atoms with E-state index in [4.69, 9.17) is 9.84 Å². The summed E-state index contributed by atoms with van der Waals surface area (Å²) in [4.78, 5) is 10.3. The van der Waals surface area contributed by atoms with Crippen LogP contribution in [0, 0.1) is 11.8 Å². The maximum absolute atomic E-state index is 10.3. The highest BCUT2D eigenvalue weighted by Gasteiger charge is 2.47. The van der Waals surface area contributed by atoms with E-state index in [1.165, 1.54) is 6.08 Å². The number of carbonyl (C=O) groups is 1. The highest BCUT2D eigenvalue weighted by Crippen LogP contribution is 2.45. The summed E-state index contributed by atoms with van der Waals surface area (Å²) in [6.07, 6.45) is 9.82. The van der Waals surface area contributed by atoms with E-state index in [9.17, 15) is 9.90 Å². The fourth-order valence-electron chi connectivity index (χ4n) is 3.35. The Morgan fingerprint density at radius 3 is 2.61 bits per heavy atom. The number of hydrogen-bond donors (Lipinski definition) is 2. The second-order valence-corrected chi connectivity index (χ2v) is 5.33. The summed E-state index contributed by atoms with van der Waals surface area (Å²) < 4.78 is 5.85. The summed E-state index contributed by atoms with van der Waals surface area (Å²) >= 11 is 0. The van der Waals surface area contributed by atoms with Gasteiger partial charge in [-0.05, 0) is 38.0 Å². The van der Waals surface area contributed by atoms with Gasteiger partial charge in [-0.25, -0.2) is 4.79 Å². The molecule has 0 saturated carbocycles. The van der Waals surface area contributed by atoms with Crippen LogP contribution in [0.15, 0.2) is 12.2 Å². The van der Waals surface area contributed by atoms with Crippen LogP contribution in [0.3, 0.4) is 0 Å². The van der Waals surface area contributed by atoms with Crippen LogP contribution < -0.4 is 0 Å². The van der Waals surface area contributed by atoms with Crippen molar-refractivity contribution in [3.05, 3.63) is 12.2 Å². The molecular weight excluding hydrogens is 232 g/mol. The maximum Gasteiger partial charge on any atom is 0.327 e. The molecule has 0 spiro atoms. The van der Waals surface area contributed by atoms with E-state index in [-0.39, 0.29) is 12.7 Å².